The predicted octanol–water partition coefficient (Wildman–Crippen LogP) is 1.46. The van der Waals surface area contributed by atoms with Gasteiger partial charge in [-0.15, -0.1) is 0 Å². The molecule has 2 rings (SSSR count). The third-order valence-corrected chi connectivity index (χ3v) is 5.73. The van der Waals surface area contributed by atoms with Crippen LogP contribution in [-0.2, 0) is 10.0 Å². The fourth-order valence-corrected chi connectivity index (χ4v) is 4.02. The lowest BCUT2D eigenvalue weighted by atomic mass is 10.4. The van der Waals surface area contributed by atoms with Crippen molar-refractivity contribution in [1.29, 1.82) is 0 Å². The van der Waals surface area contributed by atoms with Gasteiger partial charge in [-0.05, 0) is 12.1 Å². The first kappa shape index (κ1) is 14.2. The number of hydrogen-bond acceptors (Lipinski definition) is 7. The number of nitrogen functional groups attached to an aromatic ring is 1. The first-order valence-electron chi connectivity index (χ1n) is 5.26. The molecule has 0 unspecified atom stereocenters. The average Bonchev–Trinajstić information content (AvgIpc) is 2.82. The lowest BCUT2D eigenvalue weighted by Gasteiger charge is -2.17. The van der Waals surface area contributed by atoms with Gasteiger partial charge in [-0.1, -0.05) is 11.3 Å². The number of nitrogens with zero attached hydrogens (tertiary/aromatic N) is 3. The van der Waals surface area contributed by atoms with Crippen molar-refractivity contribution in [1.82, 2.24) is 4.98 Å². The van der Waals surface area contributed by atoms with Crippen molar-refractivity contribution in [3.05, 3.63) is 40.7 Å². The largest absolute Gasteiger partial charge is 0.385 e. The van der Waals surface area contributed by atoms with Gasteiger partial charge in [-0.2, -0.15) is 0 Å². The molecule has 0 aromatic carbocycles. The standard InChI is InChI=1S/C10H10N4O4S2/c1-13(7-3-2-4-12-6-7)20(17,18)9-5-8(14(15)16)10(11)19-9/h2-6H,11H2,1H3. The van der Waals surface area contributed by atoms with Gasteiger partial charge in [-0.3, -0.25) is 19.4 Å². The van der Waals surface area contributed by atoms with Crippen molar-refractivity contribution >= 4 is 37.7 Å². The Labute approximate surface area is 118 Å². The minimum Gasteiger partial charge on any atom is -0.385 e. The van der Waals surface area contributed by atoms with Gasteiger partial charge in [0.2, 0.25) is 0 Å². The molecule has 0 spiro atoms. The molecule has 0 bridgehead atoms. The van der Waals surface area contributed by atoms with E-state index in [2.05, 4.69) is 4.98 Å². The molecule has 0 saturated heterocycles. The molecule has 0 aliphatic carbocycles. The van der Waals surface area contributed by atoms with E-state index in [-0.39, 0.29) is 9.21 Å². The zero-order valence-electron chi connectivity index (χ0n) is 10.3. The van der Waals surface area contributed by atoms with E-state index >= 15 is 0 Å². The van der Waals surface area contributed by atoms with E-state index in [0.29, 0.717) is 17.0 Å². The second-order valence-electron chi connectivity index (χ2n) is 3.76. The Morgan fingerprint density at radius 2 is 2.20 bits per heavy atom. The molecular weight excluding hydrogens is 304 g/mol. The summed E-state index contributed by atoms with van der Waals surface area (Å²) in [5.41, 5.74) is 5.40. The van der Waals surface area contributed by atoms with E-state index in [4.69, 9.17) is 5.73 Å². The van der Waals surface area contributed by atoms with E-state index in [9.17, 15) is 18.5 Å². The van der Waals surface area contributed by atoms with Gasteiger partial charge in [0.15, 0.2) is 5.00 Å². The van der Waals surface area contributed by atoms with E-state index in [1.54, 1.807) is 12.1 Å². The van der Waals surface area contributed by atoms with Crippen LogP contribution in [0.1, 0.15) is 0 Å². The van der Waals surface area contributed by atoms with Crippen LogP contribution in [-0.4, -0.2) is 25.4 Å². The Hall–Kier alpha value is -2.20. The van der Waals surface area contributed by atoms with Gasteiger partial charge in [0.25, 0.3) is 10.0 Å². The Bertz CT molecular complexity index is 742. The summed E-state index contributed by atoms with van der Waals surface area (Å²) >= 11 is 0.659. The van der Waals surface area contributed by atoms with Crippen LogP contribution in [0.25, 0.3) is 0 Å². The SMILES string of the molecule is CN(c1cccnc1)S(=O)(=O)c1cc([N+](=O)[O-])c(N)s1. The molecule has 2 N–H and O–H groups in total. The van der Waals surface area contributed by atoms with Crippen LogP contribution in [0.5, 0.6) is 0 Å². The molecule has 0 saturated carbocycles. The normalized spacial score (nSPS) is 11.2. The summed E-state index contributed by atoms with van der Waals surface area (Å²) in [5.74, 6) is 0. The monoisotopic (exact) mass is 314 g/mol. The van der Waals surface area contributed by atoms with Crippen molar-refractivity contribution in [2.45, 2.75) is 4.21 Å². The molecule has 2 aromatic heterocycles. The van der Waals surface area contributed by atoms with Crippen molar-refractivity contribution in [2.24, 2.45) is 0 Å². The minimum absolute atomic E-state index is 0.145. The molecular formula is C10H10N4O4S2. The third-order valence-electron chi connectivity index (χ3n) is 2.54. The molecule has 8 nitrogen and oxygen atoms in total. The third kappa shape index (κ3) is 2.42. The number of anilines is 2. The summed E-state index contributed by atoms with van der Waals surface area (Å²) in [7, 11) is -2.56. The molecule has 0 radical (unpaired) electrons. The summed E-state index contributed by atoms with van der Waals surface area (Å²) in [6, 6.07) is 4.12. The number of aromatic nitrogens is 1. The zero-order valence-corrected chi connectivity index (χ0v) is 11.9. The topological polar surface area (TPSA) is 119 Å². The predicted molar refractivity (Wildman–Crippen MR) is 75.2 cm³/mol. The Balaban J connectivity index is 2.46. The van der Waals surface area contributed by atoms with E-state index in [0.717, 1.165) is 10.4 Å². The Morgan fingerprint density at radius 3 is 2.70 bits per heavy atom. The molecule has 0 aliphatic heterocycles. The highest BCUT2D eigenvalue weighted by atomic mass is 32.2. The Kier molecular flexibility index (Phi) is 3.59. The summed E-state index contributed by atoms with van der Waals surface area (Å²) in [5, 5.41) is 10.6. The number of nitro groups is 1. The maximum absolute atomic E-state index is 12.4. The highest BCUT2D eigenvalue weighted by Crippen LogP contribution is 2.36. The molecule has 10 heteroatoms. The zero-order chi connectivity index (χ0) is 14.9. The number of pyridine rings is 1. The second kappa shape index (κ2) is 5.06. The van der Waals surface area contributed by atoms with Gasteiger partial charge >= 0.3 is 5.69 Å². The molecule has 2 aromatic rings. The minimum atomic E-state index is -3.90. The highest BCUT2D eigenvalue weighted by Gasteiger charge is 2.28. The summed E-state index contributed by atoms with van der Waals surface area (Å²) < 4.78 is 25.5. The fourth-order valence-electron chi connectivity index (χ4n) is 1.46. The van der Waals surface area contributed by atoms with Crippen LogP contribution in [0.2, 0.25) is 0 Å². The van der Waals surface area contributed by atoms with Gasteiger partial charge in [-0.25, -0.2) is 8.42 Å². The highest BCUT2D eigenvalue weighted by molar-refractivity contribution is 7.94. The number of rotatable bonds is 4. The van der Waals surface area contributed by atoms with Crippen LogP contribution in [0.4, 0.5) is 16.4 Å². The molecule has 0 aliphatic rings. The molecule has 0 fully saturated rings. The molecule has 20 heavy (non-hydrogen) atoms. The maximum atomic E-state index is 12.4. The van der Waals surface area contributed by atoms with Crippen LogP contribution < -0.4 is 10.0 Å². The van der Waals surface area contributed by atoms with Crippen LogP contribution in [0.15, 0.2) is 34.8 Å². The quantitative estimate of drug-likeness (QED) is 0.674. The maximum Gasteiger partial charge on any atom is 0.304 e. The lowest BCUT2D eigenvalue weighted by Crippen LogP contribution is -2.25. The molecule has 106 valence electrons. The fraction of sp³-hybridized carbons (Fsp3) is 0.100. The first-order valence-corrected chi connectivity index (χ1v) is 7.52. The lowest BCUT2D eigenvalue weighted by molar-refractivity contribution is -0.383. The van der Waals surface area contributed by atoms with E-state index < -0.39 is 20.6 Å². The van der Waals surface area contributed by atoms with Crippen LogP contribution >= 0.6 is 11.3 Å². The summed E-state index contributed by atoms with van der Waals surface area (Å²) in [6.45, 7) is 0. The van der Waals surface area contributed by atoms with E-state index in [1.165, 1.54) is 19.4 Å². The number of nitrogens with two attached hydrogens (primary N) is 1. The number of hydrogen-bond donors (Lipinski definition) is 1. The van der Waals surface area contributed by atoms with Crippen LogP contribution in [0, 0.1) is 10.1 Å². The van der Waals surface area contributed by atoms with Crippen molar-refractivity contribution < 1.29 is 13.3 Å². The number of sulfonamides is 1. The van der Waals surface area contributed by atoms with Gasteiger partial charge < -0.3 is 5.73 Å². The summed E-state index contributed by atoms with van der Waals surface area (Å²) in [6.07, 6.45) is 2.89. The van der Waals surface area contributed by atoms with Crippen LogP contribution in [0.3, 0.4) is 0 Å². The second-order valence-corrected chi connectivity index (χ2v) is 7.04. The first-order chi connectivity index (χ1) is 9.34. The van der Waals surface area contributed by atoms with Crippen molar-refractivity contribution in [2.75, 3.05) is 17.1 Å². The van der Waals surface area contributed by atoms with Gasteiger partial charge in [0.1, 0.15) is 4.21 Å². The summed E-state index contributed by atoms with van der Waals surface area (Å²) in [4.78, 5) is 13.8. The van der Waals surface area contributed by atoms with Gasteiger partial charge in [0.05, 0.1) is 16.8 Å². The van der Waals surface area contributed by atoms with E-state index in [1.807, 2.05) is 0 Å². The molecule has 2 heterocycles. The smallest absolute Gasteiger partial charge is 0.304 e. The van der Waals surface area contributed by atoms with Crippen molar-refractivity contribution in [3.8, 4) is 0 Å². The Morgan fingerprint density at radius 1 is 1.50 bits per heavy atom. The number of thiophene rings is 1. The van der Waals surface area contributed by atoms with Crippen molar-refractivity contribution in [3.63, 3.8) is 0 Å². The molecule has 0 amide bonds. The average molecular weight is 314 g/mol. The van der Waals surface area contributed by atoms with Gasteiger partial charge in [0, 0.05) is 19.3 Å². The molecule has 0 atom stereocenters.